The van der Waals surface area contributed by atoms with Crippen LogP contribution in [0.5, 0.6) is 11.5 Å². The lowest BCUT2D eigenvalue weighted by Gasteiger charge is -2.22. The lowest BCUT2D eigenvalue weighted by molar-refractivity contribution is -0.133. The summed E-state index contributed by atoms with van der Waals surface area (Å²) in [5, 5.41) is 5.14. The third-order valence-corrected chi connectivity index (χ3v) is 4.61. The summed E-state index contributed by atoms with van der Waals surface area (Å²) in [7, 11) is 1.52. The van der Waals surface area contributed by atoms with E-state index in [9.17, 15) is 23.2 Å². The molecular formula is C20H19F2N3O5. The Balaban J connectivity index is 1.69. The third kappa shape index (κ3) is 4.32. The average Bonchev–Trinajstić information content (AvgIpc) is 2.92. The number of hydrogen-bond donors (Lipinski definition) is 2. The molecule has 10 heteroatoms. The minimum absolute atomic E-state index is 0.0788. The van der Waals surface area contributed by atoms with E-state index in [0.29, 0.717) is 17.0 Å². The zero-order valence-electron chi connectivity index (χ0n) is 16.1. The van der Waals surface area contributed by atoms with Crippen LogP contribution < -0.4 is 20.1 Å². The molecule has 0 radical (unpaired) electrons. The second-order valence-corrected chi connectivity index (χ2v) is 6.63. The second kappa shape index (κ2) is 8.36. The van der Waals surface area contributed by atoms with Gasteiger partial charge < -0.3 is 20.1 Å². The highest BCUT2D eigenvalue weighted by Gasteiger charge is 2.49. The molecule has 0 aliphatic carbocycles. The van der Waals surface area contributed by atoms with E-state index in [4.69, 9.17) is 4.74 Å². The first kappa shape index (κ1) is 21.0. The topological polar surface area (TPSA) is 97.0 Å². The number of benzene rings is 2. The van der Waals surface area contributed by atoms with Gasteiger partial charge in [-0.1, -0.05) is 12.1 Å². The highest BCUT2D eigenvalue weighted by atomic mass is 19.3. The lowest BCUT2D eigenvalue weighted by atomic mass is 9.92. The summed E-state index contributed by atoms with van der Waals surface area (Å²) in [6, 6.07) is 11.2. The molecule has 30 heavy (non-hydrogen) atoms. The molecule has 1 aliphatic heterocycles. The molecule has 1 heterocycles. The fourth-order valence-corrected chi connectivity index (χ4v) is 3.02. The number of hydrogen-bond acceptors (Lipinski definition) is 5. The number of alkyl halides is 2. The first-order chi connectivity index (χ1) is 14.2. The Morgan fingerprint density at radius 2 is 1.70 bits per heavy atom. The number of urea groups is 1. The molecule has 2 aromatic rings. The van der Waals surface area contributed by atoms with Crippen LogP contribution in [-0.2, 0) is 15.1 Å². The Hall–Kier alpha value is -3.69. The van der Waals surface area contributed by atoms with E-state index >= 15 is 0 Å². The fraction of sp³-hybridized carbons (Fsp3) is 0.250. The smallest absolute Gasteiger partial charge is 0.387 e. The number of rotatable bonds is 7. The summed E-state index contributed by atoms with van der Waals surface area (Å²) in [4.78, 5) is 38.3. The van der Waals surface area contributed by atoms with Gasteiger partial charge >= 0.3 is 12.6 Å². The maximum atomic E-state index is 12.9. The average molecular weight is 419 g/mol. The molecule has 0 aromatic heterocycles. The van der Waals surface area contributed by atoms with Gasteiger partial charge in [0.15, 0.2) is 0 Å². The van der Waals surface area contributed by atoms with Gasteiger partial charge in [0.2, 0.25) is 5.91 Å². The normalized spacial score (nSPS) is 18.4. The second-order valence-electron chi connectivity index (χ2n) is 6.63. The van der Waals surface area contributed by atoms with Crippen molar-refractivity contribution in [1.29, 1.82) is 0 Å². The van der Waals surface area contributed by atoms with Crippen LogP contribution in [0.25, 0.3) is 0 Å². The third-order valence-electron chi connectivity index (χ3n) is 4.61. The summed E-state index contributed by atoms with van der Waals surface area (Å²) < 4.78 is 33.9. The molecule has 158 valence electrons. The van der Waals surface area contributed by atoms with Gasteiger partial charge in [0.05, 0.1) is 7.11 Å². The number of anilines is 1. The monoisotopic (exact) mass is 419 g/mol. The van der Waals surface area contributed by atoms with Crippen LogP contribution in [0.1, 0.15) is 12.5 Å². The van der Waals surface area contributed by atoms with Crippen molar-refractivity contribution in [3.63, 3.8) is 0 Å². The molecule has 3 rings (SSSR count). The molecule has 1 unspecified atom stereocenters. The number of halogens is 2. The summed E-state index contributed by atoms with van der Waals surface area (Å²) in [5.74, 6) is -0.666. The van der Waals surface area contributed by atoms with Gasteiger partial charge in [-0.15, -0.1) is 0 Å². The molecule has 0 saturated carbocycles. The van der Waals surface area contributed by atoms with E-state index < -0.39 is 36.5 Å². The van der Waals surface area contributed by atoms with E-state index in [1.807, 2.05) is 0 Å². The van der Waals surface area contributed by atoms with Gasteiger partial charge in [0, 0.05) is 5.69 Å². The molecule has 0 bridgehead atoms. The molecule has 0 spiro atoms. The van der Waals surface area contributed by atoms with Crippen molar-refractivity contribution in [1.82, 2.24) is 10.2 Å². The Labute approximate surface area is 170 Å². The number of carbonyl (C=O) groups is 3. The maximum Gasteiger partial charge on any atom is 0.387 e. The predicted molar refractivity (Wildman–Crippen MR) is 102 cm³/mol. The fourth-order valence-electron chi connectivity index (χ4n) is 3.02. The van der Waals surface area contributed by atoms with Gasteiger partial charge in [-0.05, 0) is 48.9 Å². The number of amides is 4. The Morgan fingerprint density at radius 3 is 2.27 bits per heavy atom. The van der Waals surface area contributed by atoms with E-state index in [1.165, 1.54) is 38.3 Å². The van der Waals surface area contributed by atoms with Crippen LogP contribution in [0.3, 0.4) is 0 Å². The first-order valence-corrected chi connectivity index (χ1v) is 8.86. The summed E-state index contributed by atoms with van der Waals surface area (Å²) in [6.07, 6.45) is 0. The Bertz CT molecular complexity index is 950. The molecule has 8 nitrogen and oxygen atoms in total. The summed E-state index contributed by atoms with van der Waals surface area (Å²) >= 11 is 0. The van der Waals surface area contributed by atoms with Crippen LogP contribution in [0.2, 0.25) is 0 Å². The number of carbonyl (C=O) groups excluding carboxylic acids is 3. The van der Waals surface area contributed by atoms with E-state index in [0.717, 1.165) is 4.90 Å². The van der Waals surface area contributed by atoms with Crippen molar-refractivity contribution in [3.8, 4) is 11.5 Å². The van der Waals surface area contributed by atoms with Crippen molar-refractivity contribution in [3.05, 3.63) is 54.1 Å². The van der Waals surface area contributed by atoms with Crippen molar-refractivity contribution >= 4 is 23.5 Å². The first-order valence-electron chi connectivity index (χ1n) is 8.86. The van der Waals surface area contributed by atoms with Crippen molar-refractivity contribution in [2.75, 3.05) is 19.0 Å². The summed E-state index contributed by atoms with van der Waals surface area (Å²) in [5.41, 5.74) is -0.605. The number of nitrogens with zero attached hydrogens (tertiary/aromatic N) is 1. The maximum absolute atomic E-state index is 12.9. The van der Waals surface area contributed by atoms with Gasteiger partial charge in [-0.25, -0.2) is 4.79 Å². The van der Waals surface area contributed by atoms with Gasteiger partial charge in [0.1, 0.15) is 23.6 Å². The quantitative estimate of drug-likeness (QED) is 0.673. The van der Waals surface area contributed by atoms with Gasteiger partial charge in [-0.3, -0.25) is 14.5 Å². The van der Waals surface area contributed by atoms with Gasteiger partial charge in [0.25, 0.3) is 5.91 Å². The van der Waals surface area contributed by atoms with Crippen molar-refractivity contribution in [2.45, 2.75) is 19.1 Å². The van der Waals surface area contributed by atoms with Crippen LogP contribution in [0, 0.1) is 0 Å². The van der Waals surface area contributed by atoms with Crippen LogP contribution in [-0.4, -0.2) is 43.0 Å². The Morgan fingerprint density at radius 1 is 1.10 bits per heavy atom. The number of ether oxygens (including phenoxy) is 2. The number of imide groups is 1. The molecule has 1 atom stereocenters. The van der Waals surface area contributed by atoms with Crippen molar-refractivity contribution < 1.29 is 32.6 Å². The SMILES string of the molecule is COc1ccc(NC(=O)CN2C(=O)NC(C)(c3ccc(OC(F)F)cc3)C2=O)cc1. The number of methoxy groups -OCH3 is 1. The van der Waals surface area contributed by atoms with Crippen LogP contribution in [0.4, 0.5) is 19.3 Å². The van der Waals surface area contributed by atoms with Crippen LogP contribution >= 0.6 is 0 Å². The standard InChI is InChI=1S/C20H19F2N3O5/c1-20(12-3-7-15(8-4-12)30-18(21)22)17(27)25(19(28)24-20)11-16(26)23-13-5-9-14(29-2)10-6-13/h3-10,18H,11H2,1-2H3,(H,23,26)(H,24,28). The molecule has 2 aromatic carbocycles. The zero-order valence-corrected chi connectivity index (χ0v) is 16.1. The Kier molecular flexibility index (Phi) is 5.86. The van der Waals surface area contributed by atoms with Crippen molar-refractivity contribution in [2.24, 2.45) is 0 Å². The largest absolute Gasteiger partial charge is 0.497 e. The molecule has 1 aliphatic rings. The predicted octanol–water partition coefficient (Wildman–Crippen LogP) is 2.70. The lowest BCUT2D eigenvalue weighted by Crippen LogP contribution is -2.42. The van der Waals surface area contributed by atoms with E-state index in [1.54, 1.807) is 24.3 Å². The minimum Gasteiger partial charge on any atom is -0.497 e. The summed E-state index contributed by atoms with van der Waals surface area (Å²) in [6.45, 7) is -1.99. The molecule has 2 N–H and O–H groups in total. The molecular weight excluding hydrogens is 400 g/mol. The van der Waals surface area contributed by atoms with Gasteiger partial charge in [-0.2, -0.15) is 8.78 Å². The molecule has 1 saturated heterocycles. The highest BCUT2D eigenvalue weighted by molar-refractivity contribution is 6.10. The highest BCUT2D eigenvalue weighted by Crippen LogP contribution is 2.30. The van der Waals surface area contributed by atoms with E-state index in [-0.39, 0.29) is 5.75 Å². The minimum atomic E-state index is -2.97. The molecule has 1 fully saturated rings. The zero-order chi connectivity index (χ0) is 21.9. The number of nitrogens with one attached hydrogen (secondary N) is 2. The molecule has 4 amide bonds. The van der Waals surface area contributed by atoms with E-state index in [2.05, 4.69) is 15.4 Å². The van der Waals surface area contributed by atoms with Crippen LogP contribution in [0.15, 0.2) is 48.5 Å².